The molecule has 4 nitrogen and oxygen atoms in total. The molecule has 0 atom stereocenters. The van der Waals surface area contributed by atoms with E-state index in [0.29, 0.717) is 0 Å². The number of hydrogen-bond donors (Lipinski definition) is 1. The Labute approximate surface area is 129 Å². The zero-order valence-electron chi connectivity index (χ0n) is 11.0. The van der Waals surface area contributed by atoms with Gasteiger partial charge >= 0.3 is 0 Å². The summed E-state index contributed by atoms with van der Waals surface area (Å²) >= 11 is 5.88. The van der Waals surface area contributed by atoms with Crippen LogP contribution >= 0.6 is 24.0 Å². The summed E-state index contributed by atoms with van der Waals surface area (Å²) in [5.74, 6) is -0.610. The van der Waals surface area contributed by atoms with Crippen molar-refractivity contribution in [3.8, 4) is 0 Å². The monoisotopic (exact) mass is 342 g/mol. The van der Waals surface area contributed by atoms with Crippen LogP contribution in [0.15, 0.2) is 23.1 Å². The number of benzene rings is 1. The van der Waals surface area contributed by atoms with Crippen LogP contribution in [0.5, 0.6) is 0 Å². The van der Waals surface area contributed by atoms with Crippen molar-refractivity contribution in [3.63, 3.8) is 0 Å². The van der Waals surface area contributed by atoms with Crippen LogP contribution in [0, 0.1) is 5.82 Å². The predicted octanol–water partition coefficient (Wildman–Crippen LogP) is 2.27. The van der Waals surface area contributed by atoms with Crippen LogP contribution in [-0.2, 0) is 10.0 Å². The van der Waals surface area contributed by atoms with Gasteiger partial charge in [0.15, 0.2) is 0 Å². The molecule has 0 spiro atoms. The van der Waals surface area contributed by atoms with Crippen molar-refractivity contribution in [2.75, 3.05) is 20.1 Å². The number of halogens is 3. The van der Waals surface area contributed by atoms with Crippen LogP contribution < -0.4 is 5.32 Å². The molecule has 1 saturated heterocycles. The van der Waals surface area contributed by atoms with Crippen LogP contribution in [0.1, 0.15) is 12.8 Å². The lowest BCUT2D eigenvalue weighted by Gasteiger charge is -2.31. The van der Waals surface area contributed by atoms with E-state index in [1.807, 2.05) is 0 Å². The third-order valence-corrected chi connectivity index (χ3v) is 5.76. The average Bonchev–Trinajstić information content (AvgIpc) is 2.41. The van der Waals surface area contributed by atoms with Crippen LogP contribution in [0.2, 0.25) is 5.02 Å². The van der Waals surface area contributed by atoms with Crippen LogP contribution in [-0.4, -0.2) is 38.9 Å². The van der Waals surface area contributed by atoms with Gasteiger partial charge in [0, 0.05) is 13.1 Å². The summed E-state index contributed by atoms with van der Waals surface area (Å²) in [4.78, 5) is -0.171. The molecular formula is C12H17Cl2FN2O2S. The predicted molar refractivity (Wildman–Crippen MR) is 79.5 cm³/mol. The average molecular weight is 343 g/mol. The molecule has 20 heavy (non-hydrogen) atoms. The Morgan fingerprint density at radius 3 is 2.55 bits per heavy atom. The molecule has 8 heteroatoms. The third kappa shape index (κ3) is 3.62. The molecule has 1 aromatic rings. The molecule has 0 amide bonds. The fourth-order valence-electron chi connectivity index (χ4n) is 2.20. The first kappa shape index (κ1) is 17.7. The third-order valence-electron chi connectivity index (χ3n) is 3.37. The molecule has 0 unspecified atom stereocenters. The van der Waals surface area contributed by atoms with E-state index in [4.69, 9.17) is 11.6 Å². The molecule has 1 aliphatic rings. The van der Waals surface area contributed by atoms with Gasteiger partial charge in [-0.1, -0.05) is 11.6 Å². The molecule has 1 N–H and O–H groups in total. The van der Waals surface area contributed by atoms with Crippen molar-refractivity contribution < 1.29 is 12.8 Å². The van der Waals surface area contributed by atoms with Gasteiger partial charge in [-0.15, -0.1) is 12.4 Å². The van der Waals surface area contributed by atoms with E-state index in [1.165, 1.54) is 17.4 Å². The Balaban J connectivity index is 0.00000200. The minimum atomic E-state index is -3.76. The first-order valence-corrected chi connectivity index (χ1v) is 7.88. The summed E-state index contributed by atoms with van der Waals surface area (Å²) in [6.45, 7) is 1.56. The van der Waals surface area contributed by atoms with E-state index >= 15 is 0 Å². The molecule has 0 aliphatic carbocycles. The van der Waals surface area contributed by atoms with Gasteiger partial charge in [-0.25, -0.2) is 12.8 Å². The van der Waals surface area contributed by atoms with E-state index < -0.39 is 15.8 Å². The van der Waals surface area contributed by atoms with Gasteiger partial charge in [-0.05, 0) is 44.1 Å². The Bertz CT molecular complexity index is 563. The van der Waals surface area contributed by atoms with Gasteiger partial charge in [0.25, 0.3) is 0 Å². The van der Waals surface area contributed by atoms with E-state index in [9.17, 15) is 12.8 Å². The van der Waals surface area contributed by atoms with Gasteiger partial charge in [-0.2, -0.15) is 4.31 Å². The van der Waals surface area contributed by atoms with Crippen LogP contribution in [0.25, 0.3) is 0 Å². The second kappa shape index (κ2) is 7.04. The van der Waals surface area contributed by atoms with Crippen molar-refractivity contribution in [2.45, 2.75) is 23.8 Å². The van der Waals surface area contributed by atoms with E-state index in [1.54, 1.807) is 0 Å². The maximum atomic E-state index is 13.2. The van der Waals surface area contributed by atoms with E-state index in [0.717, 1.165) is 38.1 Å². The van der Waals surface area contributed by atoms with Crippen LogP contribution in [0.3, 0.4) is 0 Å². The number of sulfonamides is 1. The fraction of sp³-hybridized carbons (Fsp3) is 0.500. The summed E-state index contributed by atoms with van der Waals surface area (Å²) < 4.78 is 39.4. The zero-order valence-corrected chi connectivity index (χ0v) is 13.4. The molecule has 1 aromatic carbocycles. The molecule has 0 saturated carbocycles. The normalized spacial score (nSPS) is 17.0. The summed E-state index contributed by atoms with van der Waals surface area (Å²) in [5.41, 5.74) is 0. The highest BCUT2D eigenvalue weighted by molar-refractivity contribution is 7.89. The quantitative estimate of drug-likeness (QED) is 0.916. The topological polar surface area (TPSA) is 49.4 Å². The minimum Gasteiger partial charge on any atom is -0.317 e. The molecular weight excluding hydrogens is 326 g/mol. The lowest BCUT2D eigenvalue weighted by atomic mass is 10.1. The molecule has 0 aromatic heterocycles. The van der Waals surface area contributed by atoms with E-state index in [-0.39, 0.29) is 28.4 Å². The van der Waals surface area contributed by atoms with Crippen molar-refractivity contribution in [3.05, 3.63) is 29.0 Å². The summed E-state index contributed by atoms with van der Waals surface area (Å²) in [6.07, 6.45) is 1.48. The van der Waals surface area contributed by atoms with E-state index in [2.05, 4.69) is 5.32 Å². The minimum absolute atomic E-state index is 0. The highest BCUT2D eigenvalue weighted by Gasteiger charge is 2.30. The first-order valence-electron chi connectivity index (χ1n) is 6.07. The first-order chi connectivity index (χ1) is 8.93. The Hall–Kier alpha value is -0.400. The maximum absolute atomic E-state index is 13.2. The van der Waals surface area contributed by atoms with Crippen LogP contribution in [0.4, 0.5) is 4.39 Å². The summed E-state index contributed by atoms with van der Waals surface area (Å²) in [6, 6.07) is 3.30. The van der Waals surface area contributed by atoms with Gasteiger partial charge in [-0.3, -0.25) is 0 Å². The number of nitrogens with one attached hydrogen (secondary N) is 1. The second-order valence-corrected chi connectivity index (χ2v) is 6.95. The summed E-state index contributed by atoms with van der Waals surface area (Å²) in [5, 5.41) is 3.22. The SMILES string of the molecule is CN(C1CCNCC1)S(=O)(=O)c1cc(F)ccc1Cl.Cl. The van der Waals surface area contributed by atoms with Gasteiger partial charge in [0.1, 0.15) is 10.7 Å². The van der Waals surface area contributed by atoms with Crippen molar-refractivity contribution in [1.29, 1.82) is 0 Å². The smallest absolute Gasteiger partial charge is 0.244 e. The van der Waals surface area contributed by atoms with Crippen molar-refractivity contribution >= 4 is 34.0 Å². The molecule has 0 radical (unpaired) electrons. The Kier molecular flexibility index (Phi) is 6.22. The number of rotatable bonds is 3. The molecule has 1 heterocycles. The molecule has 2 rings (SSSR count). The lowest BCUT2D eigenvalue weighted by Crippen LogP contribution is -2.43. The lowest BCUT2D eigenvalue weighted by molar-refractivity contribution is 0.296. The zero-order chi connectivity index (χ0) is 14.0. The molecule has 1 aliphatic heterocycles. The summed E-state index contributed by atoms with van der Waals surface area (Å²) in [7, 11) is -2.24. The van der Waals surface area contributed by atoms with Gasteiger partial charge < -0.3 is 5.32 Å². The molecule has 114 valence electrons. The largest absolute Gasteiger partial charge is 0.317 e. The highest BCUT2D eigenvalue weighted by atomic mass is 35.5. The van der Waals surface area contributed by atoms with Crippen molar-refractivity contribution in [1.82, 2.24) is 9.62 Å². The maximum Gasteiger partial charge on any atom is 0.244 e. The Morgan fingerprint density at radius 1 is 1.35 bits per heavy atom. The Morgan fingerprint density at radius 2 is 1.95 bits per heavy atom. The van der Waals surface area contributed by atoms with Gasteiger partial charge in [0.2, 0.25) is 10.0 Å². The van der Waals surface area contributed by atoms with Crippen molar-refractivity contribution in [2.24, 2.45) is 0 Å². The molecule has 0 bridgehead atoms. The number of nitrogens with zero attached hydrogens (tertiary/aromatic N) is 1. The fourth-order valence-corrected chi connectivity index (χ4v) is 4.10. The standard InChI is InChI=1S/C12H16ClFN2O2S.ClH/c1-16(10-4-6-15-7-5-10)19(17,18)12-8-9(14)2-3-11(12)13;/h2-3,8,10,15H,4-7H2,1H3;1H. The number of hydrogen-bond acceptors (Lipinski definition) is 3. The second-order valence-electron chi connectivity index (χ2n) is 4.58. The van der Waals surface area contributed by atoms with Gasteiger partial charge in [0.05, 0.1) is 5.02 Å². The number of piperidine rings is 1. The highest BCUT2D eigenvalue weighted by Crippen LogP contribution is 2.27. The molecule has 1 fully saturated rings.